The topological polar surface area (TPSA) is 81.5 Å². The molecule has 25 heavy (non-hydrogen) atoms. The Bertz CT molecular complexity index is 875. The van der Waals surface area contributed by atoms with Crippen molar-refractivity contribution in [1.29, 1.82) is 0 Å². The molecule has 0 fully saturated rings. The van der Waals surface area contributed by atoms with Crippen LogP contribution in [0, 0.1) is 0 Å². The molecule has 3 rings (SSSR count). The summed E-state index contributed by atoms with van der Waals surface area (Å²) in [6.07, 6.45) is 1.90. The molecule has 0 N–H and O–H groups in total. The van der Waals surface area contributed by atoms with Gasteiger partial charge in [-0.3, -0.25) is 4.79 Å². The Labute approximate surface area is 147 Å². The highest BCUT2D eigenvalue weighted by Gasteiger charge is 2.42. The fourth-order valence-corrected chi connectivity index (χ4v) is 4.63. The number of hydrogen-bond donors (Lipinski definition) is 0. The van der Waals surface area contributed by atoms with Crippen LogP contribution in [0.15, 0.2) is 41.6 Å². The zero-order chi connectivity index (χ0) is 18.2. The van der Waals surface area contributed by atoms with E-state index < -0.39 is 22.0 Å². The minimum absolute atomic E-state index is 0.0878. The van der Waals surface area contributed by atoms with Crippen LogP contribution in [-0.4, -0.2) is 41.4 Å². The quantitative estimate of drug-likeness (QED) is 0.773. The smallest absolute Gasteiger partial charge is 0.324 e. The number of nitrogens with zero attached hydrogens (tertiary/aromatic N) is 3. The van der Waals surface area contributed by atoms with Gasteiger partial charge in [0.05, 0.1) is 36.3 Å². The first-order valence-electron chi connectivity index (χ1n) is 8.05. The number of aromatic nitrogens is 2. The Morgan fingerprint density at radius 2 is 1.96 bits per heavy atom. The maximum absolute atomic E-state index is 13.1. The second kappa shape index (κ2) is 6.61. The summed E-state index contributed by atoms with van der Waals surface area (Å²) in [4.78, 5) is 16.8. The molecule has 0 saturated heterocycles. The molecule has 1 aliphatic heterocycles. The first kappa shape index (κ1) is 17.6. The van der Waals surface area contributed by atoms with Gasteiger partial charge in [-0.05, 0) is 26.0 Å². The van der Waals surface area contributed by atoms with Crippen molar-refractivity contribution in [2.45, 2.75) is 43.8 Å². The summed E-state index contributed by atoms with van der Waals surface area (Å²) in [6.45, 7) is 4.10. The van der Waals surface area contributed by atoms with Crippen LogP contribution >= 0.6 is 0 Å². The maximum Gasteiger partial charge on any atom is 0.324 e. The van der Waals surface area contributed by atoms with E-state index in [0.29, 0.717) is 0 Å². The van der Waals surface area contributed by atoms with Gasteiger partial charge in [0, 0.05) is 12.5 Å². The SMILES string of the molecule is COC(=O)[C@@H]1Cc2ncn(C(C)C)c2CN1S(=O)(=O)c1ccccc1. The standard InChI is InChI=1S/C17H21N3O4S/c1-12(2)19-11-18-14-9-15(17(21)24-3)20(10-16(14)19)25(22,23)13-7-5-4-6-8-13/h4-8,11-12,15H,9-10H2,1-3H3/t15-/m0/s1. The van der Waals surface area contributed by atoms with Crippen LogP contribution < -0.4 is 0 Å². The van der Waals surface area contributed by atoms with Crippen molar-refractivity contribution in [3.8, 4) is 0 Å². The van der Waals surface area contributed by atoms with Gasteiger partial charge in [0.2, 0.25) is 10.0 Å². The number of imidazole rings is 1. The molecule has 2 aromatic rings. The van der Waals surface area contributed by atoms with Crippen LogP contribution in [0.3, 0.4) is 0 Å². The average Bonchev–Trinajstić information content (AvgIpc) is 3.04. The molecule has 0 bridgehead atoms. The summed E-state index contributed by atoms with van der Waals surface area (Å²) in [5, 5.41) is 0. The first-order valence-corrected chi connectivity index (χ1v) is 9.49. The lowest BCUT2D eigenvalue weighted by molar-refractivity contribution is -0.145. The summed E-state index contributed by atoms with van der Waals surface area (Å²) in [6, 6.07) is 7.35. The molecule has 7 nitrogen and oxygen atoms in total. The predicted octanol–water partition coefficient (Wildman–Crippen LogP) is 1.75. The molecule has 1 atom stereocenters. The molecule has 1 aromatic carbocycles. The van der Waals surface area contributed by atoms with Gasteiger partial charge >= 0.3 is 5.97 Å². The maximum atomic E-state index is 13.1. The molecular formula is C17H21N3O4S. The predicted molar refractivity (Wildman–Crippen MR) is 91.3 cm³/mol. The third-order valence-corrected chi connectivity index (χ3v) is 6.27. The number of rotatable bonds is 4. The summed E-state index contributed by atoms with van der Waals surface area (Å²) in [7, 11) is -2.58. The molecule has 1 aliphatic rings. The van der Waals surface area contributed by atoms with Gasteiger partial charge < -0.3 is 9.30 Å². The summed E-state index contributed by atoms with van der Waals surface area (Å²) in [5.41, 5.74) is 1.55. The van der Waals surface area contributed by atoms with Gasteiger partial charge in [-0.1, -0.05) is 18.2 Å². The second-order valence-corrected chi connectivity index (χ2v) is 8.14. The zero-order valence-corrected chi connectivity index (χ0v) is 15.2. The van der Waals surface area contributed by atoms with E-state index in [9.17, 15) is 13.2 Å². The largest absolute Gasteiger partial charge is 0.468 e. The average molecular weight is 363 g/mol. The van der Waals surface area contributed by atoms with E-state index in [4.69, 9.17) is 4.74 Å². The lowest BCUT2D eigenvalue weighted by Crippen LogP contribution is -2.49. The summed E-state index contributed by atoms with van der Waals surface area (Å²) < 4.78 is 34.2. The van der Waals surface area contributed by atoms with Crippen LogP contribution in [0.1, 0.15) is 31.3 Å². The van der Waals surface area contributed by atoms with Crippen LogP contribution in [0.4, 0.5) is 0 Å². The Morgan fingerprint density at radius 1 is 1.28 bits per heavy atom. The Hall–Kier alpha value is -2.19. The lowest BCUT2D eigenvalue weighted by Gasteiger charge is -2.33. The first-order chi connectivity index (χ1) is 11.9. The Kier molecular flexibility index (Phi) is 4.66. The highest BCUT2D eigenvalue weighted by molar-refractivity contribution is 7.89. The van der Waals surface area contributed by atoms with Crippen LogP contribution in [0.5, 0.6) is 0 Å². The van der Waals surface area contributed by atoms with E-state index in [1.165, 1.54) is 23.5 Å². The van der Waals surface area contributed by atoms with E-state index >= 15 is 0 Å². The van der Waals surface area contributed by atoms with Crippen molar-refractivity contribution in [2.24, 2.45) is 0 Å². The van der Waals surface area contributed by atoms with E-state index in [-0.39, 0.29) is 23.9 Å². The monoisotopic (exact) mass is 363 g/mol. The fourth-order valence-electron chi connectivity index (χ4n) is 3.07. The van der Waals surface area contributed by atoms with Crippen molar-refractivity contribution in [3.63, 3.8) is 0 Å². The van der Waals surface area contributed by atoms with Crippen molar-refractivity contribution < 1.29 is 17.9 Å². The highest BCUT2D eigenvalue weighted by Crippen LogP contribution is 2.30. The van der Waals surface area contributed by atoms with Gasteiger partial charge in [0.1, 0.15) is 6.04 Å². The third kappa shape index (κ3) is 3.07. The van der Waals surface area contributed by atoms with Gasteiger partial charge in [-0.15, -0.1) is 0 Å². The molecule has 0 amide bonds. The number of hydrogen-bond acceptors (Lipinski definition) is 5. The molecular weight excluding hydrogens is 342 g/mol. The number of benzene rings is 1. The van der Waals surface area contributed by atoms with Crippen LogP contribution in [0.25, 0.3) is 0 Å². The number of methoxy groups -OCH3 is 1. The van der Waals surface area contributed by atoms with Crippen molar-refractivity contribution in [1.82, 2.24) is 13.9 Å². The zero-order valence-electron chi connectivity index (χ0n) is 14.4. The highest BCUT2D eigenvalue weighted by atomic mass is 32.2. The van der Waals surface area contributed by atoms with Gasteiger partial charge in [-0.2, -0.15) is 4.31 Å². The van der Waals surface area contributed by atoms with Crippen LogP contribution in [0.2, 0.25) is 0 Å². The molecule has 134 valence electrons. The number of fused-ring (bicyclic) bond motifs is 1. The van der Waals surface area contributed by atoms with Gasteiger partial charge in [0.15, 0.2) is 0 Å². The van der Waals surface area contributed by atoms with E-state index in [2.05, 4.69) is 4.98 Å². The summed E-state index contributed by atoms with van der Waals surface area (Å²) >= 11 is 0. The summed E-state index contributed by atoms with van der Waals surface area (Å²) in [5.74, 6) is -0.579. The minimum Gasteiger partial charge on any atom is -0.468 e. The molecule has 0 aliphatic carbocycles. The van der Waals surface area contributed by atoms with Gasteiger partial charge in [0.25, 0.3) is 0 Å². The van der Waals surface area contributed by atoms with Crippen molar-refractivity contribution in [3.05, 3.63) is 48.0 Å². The second-order valence-electron chi connectivity index (χ2n) is 6.25. The minimum atomic E-state index is -3.84. The molecule has 8 heteroatoms. The molecule has 1 aromatic heterocycles. The van der Waals surface area contributed by atoms with Crippen molar-refractivity contribution >= 4 is 16.0 Å². The van der Waals surface area contributed by atoms with Crippen LogP contribution in [-0.2, 0) is 32.5 Å². The number of esters is 1. The Morgan fingerprint density at radius 3 is 2.56 bits per heavy atom. The number of carbonyl (C=O) groups is 1. The fraction of sp³-hybridized carbons (Fsp3) is 0.412. The van der Waals surface area contributed by atoms with Crippen molar-refractivity contribution in [2.75, 3.05) is 7.11 Å². The normalized spacial score (nSPS) is 18.2. The number of ether oxygens (including phenoxy) is 1. The third-order valence-electron chi connectivity index (χ3n) is 4.40. The van der Waals surface area contributed by atoms with E-state index in [1.807, 2.05) is 18.4 Å². The Balaban J connectivity index is 2.08. The molecule has 0 saturated carbocycles. The molecule has 0 spiro atoms. The lowest BCUT2D eigenvalue weighted by atomic mass is 10.1. The molecule has 0 radical (unpaired) electrons. The molecule has 2 heterocycles. The van der Waals surface area contributed by atoms with Gasteiger partial charge in [-0.25, -0.2) is 13.4 Å². The number of carbonyl (C=O) groups excluding carboxylic acids is 1. The number of sulfonamides is 1. The molecule has 0 unspecified atom stereocenters. The van der Waals surface area contributed by atoms with E-state index in [0.717, 1.165) is 11.4 Å². The van der Waals surface area contributed by atoms with E-state index in [1.54, 1.807) is 24.5 Å².